The maximum Gasteiger partial charge on any atom is 0.0622 e. The highest BCUT2D eigenvalue weighted by molar-refractivity contribution is 6.24. The zero-order chi connectivity index (χ0) is 35.8. The van der Waals surface area contributed by atoms with Gasteiger partial charge in [-0.1, -0.05) is 115 Å². The lowest BCUT2D eigenvalue weighted by molar-refractivity contribution is 1.19. The molecule has 0 radical (unpaired) electrons. The van der Waals surface area contributed by atoms with Gasteiger partial charge in [0.1, 0.15) is 0 Å². The van der Waals surface area contributed by atoms with Crippen molar-refractivity contribution in [2.75, 3.05) is 0 Å². The van der Waals surface area contributed by atoms with E-state index in [9.17, 15) is 0 Å². The lowest BCUT2D eigenvalue weighted by Gasteiger charge is -2.11. The molecule has 0 saturated heterocycles. The number of hydrogen-bond donors (Lipinski definition) is 0. The number of nitrogens with zero attached hydrogens (tertiary/aromatic N) is 3. The maximum absolute atomic E-state index is 2.47. The van der Waals surface area contributed by atoms with Gasteiger partial charge in [0.05, 0.1) is 38.6 Å². The van der Waals surface area contributed by atoms with Crippen molar-refractivity contribution in [3.63, 3.8) is 0 Å². The van der Waals surface area contributed by atoms with Crippen molar-refractivity contribution in [3.8, 4) is 22.5 Å². The van der Waals surface area contributed by atoms with Gasteiger partial charge in [0.2, 0.25) is 0 Å². The summed E-state index contributed by atoms with van der Waals surface area (Å²) in [5, 5.41) is 12.7. The van der Waals surface area contributed by atoms with E-state index in [-0.39, 0.29) is 0 Å². The summed E-state index contributed by atoms with van der Waals surface area (Å²) in [5.74, 6) is 0. The smallest absolute Gasteiger partial charge is 0.0622 e. The average Bonchev–Trinajstić information content (AvgIpc) is 3.97. The van der Waals surface area contributed by atoms with Gasteiger partial charge >= 0.3 is 0 Å². The molecule has 0 spiro atoms. The van der Waals surface area contributed by atoms with Crippen molar-refractivity contribution < 1.29 is 0 Å². The summed E-state index contributed by atoms with van der Waals surface area (Å²) in [6, 6.07) is 69.5. The van der Waals surface area contributed by atoms with E-state index in [1.54, 1.807) is 0 Å². The molecule has 4 heterocycles. The molecule has 0 unspecified atom stereocenters. The van der Waals surface area contributed by atoms with E-state index in [0.29, 0.717) is 0 Å². The number of benzene rings is 9. The van der Waals surface area contributed by atoms with Crippen LogP contribution < -0.4 is 0 Å². The van der Waals surface area contributed by atoms with Crippen molar-refractivity contribution >= 4 is 92.5 Å². The maximum atomic E-state index is 2.47. The number of para-hydroxylation sites is 4. The highest BCUT2D eigenvalue weighted by atomic mass is 15.0. The largest absolute Gasteiger partial charge is 0.309 e. The van der Waals surface area contributed by atoms with E-state index in [1.165, 1.54) is 115 Å². The third kappa shape index (κ3) is 3.89. The molecule has 13 aromatic rings. The Morgan fingerprint density at radius 1 is 0.255 bits per heavy atom. The first-order chi connectivity index (χ1) is 27.3. The van der Waals surface area contributed by atoms with E-state index < -0.39 is 0 Å². The van der Waals surface area contributed by atoms with Crippen LogP contribution in [0.4, 0.5) is 0 Å². The molecule has 0 fully saturated rings. The molecule has 3 nitrogen and oxygen atoms in total. The lowest BCUT2D eigenvalue weighted by atomic mass is 10.0. The predicted molar refractivity (Wildman–Crippen MR) is 233 cm³/mol. The Labute approximate surface area is 315 Å². The number of aromatic nitrogens is 3. The van der Waals surface area contributed by atoms with E-state index in [1.807, 2.05) is 0 Å². The summed E-state index contributed by atoms with van der Waals surface area (Å²) in [7, 11) is 0. The van der Waals surface area contributed by atoms with Crippen molar-refractivity contribution in [1.82, 2.24) is 13.5 Å². The molecular formula is C52H31N3. The standard InChI is InChI=1S/C52H31N3/c1-2-12-33-27-36(24-21-32(33)11-1)53-46-17-7-3-13-38(46)42-28-34(22-25-50(42)53)35-23-26-51-43(29-35)39-14-4-8-18-47(39)54(51)37-30-44-40-15-5-9-19-48(40)55-49-20-10-6-16-41(49)45(31-37)52(44)55/h1-31H. The number of hydrogen-bond acceptors (Lipinski definition) is 0. The normalized spacial score (nSPS) is 12.4. The molecule has 0 aliphatic heterocycles. The summed E-state index contributed by atoms with van der Waals surface area (Å²) in [4.78, 5) is 0. The quantitative estimate of drug-likeness (QED) is 0.175. The monoisotopic (exact) mass is 697 g/mol. The summed E-state index contributed by atoms with van der Waals surface area (Å²) in [6.07, 6.45) is 0. The molecule has 55 heavy (non-hydrogen) atoms. The van der Waals surface area contributed by atoms with Crippen LogP contribution in [0.15, 0.2) is 188 Å². The molecule has 0 amide bonds. The van der Waals surface area contributed by atoms with E-state index >= 15 is 0 Å². The zero-order valence-corrected chi connectivity index (χ0v) is 29.7. The average molecular weight is 698 g/mol. The van der Waals surface area contributed by atoms with Gasteiger partial charge in [-0.25, -0.2) is 0 Å². The van der Waals surface area contributed by atoms with Gasteiger partial charge in [0, 0.05) is 54.5 Å². The van der Waals surface area contributed by atoms with Gasteiger partial charge < -0.3 is 13.5 Å². The summed E-state index contributed by atoms with van der Waals surface area (Å²) < 4.78 is 7.33. The highest BCUT2D eigenvalue weighted by Crippen LogP contribution is 2.43. The Morgan fingerprint density at radius 2 is 0.691 bits per heavy atom. The zero-order valence-electron chi connectivity index (χ0n) is 29.7. The molecule has 4 aromatic heterocycles. The minimum atomic E-state index is 1.18. The van der Waals surface area contributed by atoms with E-state index in [0.717, 1.165) is 0 Å². The van der Waals surface area contributed by atoms with E-state index in [4.69, 9.17) is 0 Å². The summed E-state index contributed by atoms with van der Waals surface area (Å²) >= 11 is 0. The van der Waals surface area contributed by atoms with Crippen LogP contribution >= 0.6 is 0 Å². The summed E-state index contributed by atoms with van der Waals surface area (Å²) in [6.45, 7) is 0. The highest BCUT2D eigenvalue weighted by Gasteiger charge is 2.21. The van der Waals surface area contributed by atoms with Crippen LogP contribution in [0, 0.1) is 0 Å². The molecule has 0 aliphatic rings. The van der Waals surface area contributed by atoms with Crippen LogP contribution in [0.25, 0.3) is 115 Å². The molecule has 0 aliphatic carbocycles. The SMILES string of the molecule is c1ccc2cc(-n3c4ccccc4c4cc(-c5ccc6c(c5)c5ccccc5n6-c5cc6c7ccccc7n7c8ccccc8c(c5)c67)ccc43)ccc2c1. The summed E-state index contributed by atoms with van der Waals surface area (Å²) in [5.41, 5.74) is 13.4. The van der Waals surface area contributed by atoms with Crippen LogP contribution in [-0.2, 0) is 0 Å². The Morgan fingerprint density at radius 3 is 1.25 bits per heavy atom. The van der Waals surface area contributed by atoms with Crippen LogP contribution in [0.3, 0.4) is 0 Å². The molecule has 13 rings (SSSR count). The van der Waals surface area contributed by atoms with Crippen molar-refractivity contribution in [1.29, 1.82) is 0 Å². The van der Waals surface area contributed by atoms with Gasteiger partial charge in [-0.2, -0.15) is 0 Å². The first-order valence-electron chi connectivity index (χ1n) is 19.0. The van der Waals surface area contributed by atoms with Gasteiger partial charge in [0.15, 0.2) is 0 Å². The second-order valence-corrected chi connectivity index (χ2v) is 15.0. The fraction of sp³-hybridized carbons (Fsp3) is 0. The molecule has 0 N–H and O–H groups in total. The molecule has 254 valence electrons. The van der Waals surface area contributed by atoms with Gasteiger partial charge in [0.25, 0.3) is 0 Å². The van der Waals surface area contributed by atoms with E-state index in [2.05, 4.69) is 202 Å². The molecule has 0 atom stereocenters. The van der Waals surface area contributed by atoms with Gasteiger partial charge in [-0.05, 0) is 94.7 Å². The molecule has 9 aromatic carbocycles. The fourth-order valence-corrected chi connectivity index (χ4v) is 9.74. The molecular weight excluding hydrogens is 667 g/mol. The van der Waals surface area contributed by atoms with Crippen LogP contribution in [0.1, 0.15) is 0 Å². The Hall–Kier alpha value is -7.36. The third-order valence-corrected chi connectivity index (χ3v) is 12.1. The second kappa shape index (κ2) is 10.6. The van der Waals surface area contributed by atoms with Crippen molar-refractivity contribution in [2.24, 2.45) is 0 Å². The van der Waals surface area contributed by atoms with Crippen LogP contribution in [0.2, 0.25) is 0 Å². The van der Waals surface area contributed by atoms with Gasteiger partial charge in [-0.15, -0.1) is 0 Å². The first-order valence-corrected chi connectivity index (χ1v) is 19.0. The van der Waals surface area contributed by atoms with Gasteiger partial charge in [-0.3, -0.25) is 0 Å². The number of rotatable bonds is 3. The Balaban J connectivity index is 1.02. The first kappa shape index (κ1) is 29.1. The number of fused-ring (bicyclic) bond motifs is 13. The molecule has 3 heteroatoms. The Bertz CT molecular complexity index is 3640. The van der Waals surface area contributed by atoms with Crippen molar-refractivity contribution in [2.45, 2.75) is 0 Å². The fourth-order valence-electron chi connectivity index (χ4n) is 9.74. The predicted octanol–water partition coefficient (Wildman–Crippen LogP) is 13.9. The van der Waals surface area contributed by atoms with Crippen molar-refractivity contribution in [3.05, 3.63) is 188 Å². The third-order valence-electron chi connectivity index (χ3n) is 12.1. The molecule has 0 bridgehead atoms. The topological polar surface area (TPSA) is 14.3 Å². The molecule has 0 saturated carbocycles. The Kier molecular flexibility index (Phi) is 5.63. The van der Waals surface area contributed by atoms with Crippen LogP contribution in [-0.4, -0.2) is 13.5 Å². The minimum absolute atomic E-state index is 1.18. The minimum Gasteiger partial charge on any atom is -0.309 e. The second-order valence-electron chi connectivity index (χ2n) is 15.0. The lowest BCUT2D eigenvalue weighted by Crippen LogP contribution is -1.94. The van der Waals surface area contributed by atoms with Crippen LogP contribution in [0.5, 0.6) is 0 Å².